The van der Waals surface area contributed by atoms with Crippen LogP contribution >= 0.6 is 31.7 Å². The zero-order valence-corrected chi connectivity index (χ0v) is 63.9. The maximum atomic E-state index is 2.55. The molecule has 8 aromatic carbocycles. The van der Waals surface area contributed by atoms with Crippen LogP contribution in [-0.4, -0.2) is 43.3 Å². The number of halogens is 2. The van der Waals surface area contributed by atoms with Crippen LogP contribution < -0.4 is 46.0 Å². The summed E-state index contributed by atoms with van der Waals surface area (Å²) in [5, 5.41) is 19.3. The van der Waals surface area contributed by atoms with Crippen LogP contribution in [0.3, 0.4) is 0 Å². The molecule has 0 atom stereocenters. The van der Waals surface area contributed by atoms with Gasteiger partial charge in [-0.15, -0.1) is 161 Å². The van der Waals surface area contributed by atoms with Crippen molar-refractivity contribution < 1.29 is 77.2 Å². The van der Waals surface area contributed by atoms with Gasteiger partial charge in [0, 0.05) is 0 Å². The van der Waals surface area contributed by atoms with Crippen molar-refractivity contribution in [1.29, 1.82) is 0 Å². The molecule has 0 nitrogen and oxygen atoms in total. The SMILES string of the molecule is CC(C)(C)P(c1cc2ccccc2[cH-]1)C(C)(C)C.CC(C)(C)P(c1cc2ccccc2[cH-]1)C(C)(C)C.[Cl-].[Cl-].[Zr+2].[Zr+2].c1ccc2[cH-]c(P(C3CCCCC3)C3CCCCC3)cc2c1.c1ccc2[cH-]c(P(C3CCCCC3)C3CCCCC3)cc2c1. The van der Waals surface area contributed by atoms with Gasteiger partial charge in [-0.1, -0.05) is 216 Å². The molecule has 0 aromatic heterocycles. The molecule has 0 saturated heterocycles. The zero-order valence-electron chi connectivity index (χ0n) is 53.9. The summed E-state index contributed by atoms with van der Waals surface area (Å²) in [6.45, 7) is 28.5. The van der Waals surface area contributed by atoms with Crippen LogP contribution in [0.1, 0.15) is 212 Å². The summed E-state index contributed by atoms with van der Waals surface area (Å²) in [6, 6.07) is 55.1. The summed E-state index contributed by atoms with van der Waals surface area (Å²) in [5.74, 6) is 0. The Balaban J connectivity index is 0.000000203. The normalized spacial score (nSPS) is 17.1. The van der Waals surface area contributed by atoms with Gasteiger partial charge < -0.3 is 24.8 Å². The molecule has 4 aliphatic rings. The average Bonchev–Trinajstić information content (AvgIpc) is 4.44. The molecule has 8 aromatic rings. The van der Waals surface area contributed by atoms with Crippen LogP contribution in [0.15, 0.2) is 146 Å². The second-order valence-electron chi connectivity index (χ2n) is 28.7. The van der Waals surface area contributed by atoms with Crippen LogP contribution in [0.4, 0.5) is 0 Å². The van der Waals surface area contributed by atoms with Gasteiger partial charge in [0.25, 0.3) is 0 Å². The Bertz CT molecular complexity index is 2730. The van der Waals surface area contributed by atoms with Crippen LogP contribution in [0.2, 0.25) is 0 Å². The molecule has 452 valence electrons. The maximum Gasteiger partial charge on any atom is 2.00 e. The van der Waals surface area contributed by atoms with Crippen molar-refractivity contribution in [2.24, 2.45) is 0 Å². The van der Waals surface area contributed by atoms with Crippen LogP contribution in [0.5, 0.6) is 0 Å². The van der Waals surface area contributed by atoms with Gasteiger partial charge in [-0.25, -0.2) is 0 Å². The summed E-state index contributed by atoms with van der Waals surface area (Å²) >= 11 is 0. The molecule has 0 amide bonds. The number of benzene rings is 4. The Morgan fingerprint density at radius 1 is 0.286 bits per heavy atom. The van der Waals surface area contributed by atoms with E-state index in [2.05, 4.69) is 229 Å². The number of hydrogen-bond acceptors (Lipinski definition) is 0. The zero-order chi connectivity index (χ0) is 56.7. The van der Waals surface area contributed by atoms with E-state index in [1.54, 1.807) is 21.2 Å². The van der Waals surface area contributed by atoms with E-state index < -0.39 is 0 Å². The van der Waals surface area contributed by atoms with E-state index in [1.165, 1.54) is 172 Å². The summed E-state index contributed by atoms with van der Waals surface area (Å²) in [5.41, 5.74) is 4.07. The van der Waals surface area contributed by atoms with Crippen molar-refractivity contribution in [3.8, 4) is 0 Å². The quantitative estimate of drug-likeness (QED) is 0.105. The third-order valence-electron chi connectivity index (χ3n) is 18.1. The fraction of sp³-hybridized carbons (Fsp3) is 0.526. The van der Waals surface area contributed by atoms with Gasteiger partial charge in [-0.05, 0) is 94.6 Å². The van der Waals surface area contributed by atoms with Crippen molar-refractivity contribution in [2.45, 2.75) is 255 Å². The molecule has 8 heteroatoms. The first-order valence-electron chi connectivity index (χ1n) is 32.0. The second-order valence-corrected chi connectivity index (χ2v) is 42.0. The molecule has 0 aliphatic heterocycles. The van der Waals surface area contributed by atoms with E-state index in [9.17, 15) is 0 Å². The fourth-order valence-electron chi connectivity index (χ4n) is 15.5. The van der Waals surface area contributed by atoms with Gasteiger partial charge in [-0.3, -0.25) is 0 Å². The van der Waals surface area contributed by atoms with Gasteiger partial charge >= 0.3 is 52.4 Å². The molecule has 0 N–H and O–H groups in total. The smallest absolute Gasteiger partial charge is 1.00 e. The minimum Gasteiger partial charge on any atom is -1.00 e. The van der Waals surface area contributed by atoms with Gasteiger partial charge in [0.1, 0.15) is 0 Å². The van der Waals surface area contributed by atoms with E-state index >= 15 is 0 Å². The first kappa shape index (κ1) is 74.1. The molecule has 4 saturated carbocycles. The molecule has 4 aliphatic carbocycles. The molecule has 4 fully saturated rings. The number of rotatable bonds is 8. The standard InChI is InChI=1S/2C21H28P.2C17H24P.2ClH.2Zr/c2*1-3-11-19(12-4-1)22(20-13-5-2-6-14-20)21-15-17-9-7-8-10-18(17)16-21;2*1-16(2,3)18(17(4,5)6)15-11-13-9-7-8-10-14(13)12-15;;;;/h2*7-10,15-16,19-20H,1-6,11-14H2;2*7-12H,1-6H3;2*1H;;/q4*-1;;;2*+2/p-2. The van der Waals surface area contributed by atoms with Crippen molar-refractivity contribution in [3.05, 3.63) is 146 Å². The monoisotopic (exact) mass is 1390 g/mol. The third-order valence-corrected chi connectivity index (χ3v) is 31.9. The van der Waals surface area contributed by atoms with Gasteiger partial charge in [-0.2, -0.15) is 24.3 Å². The predicted molar refractivity (Wildman–Crippen MR) is 371 cm³/mol. The van der Waals surface area contributed by atoms with E-state index in [0.717, 1.165) is 22.6 Å². The van der Waals surface area contributed by atoms with Crippen molar-refractivity contribution in [2.75, 3.05) is 0 Å². The van der Waals surface area contributed by atoms with Crippen molar-refractivity contribution in [1.82, 2.24) is 0 Å². The molecule has 0 bridgehead atoms. The summed E-state index contributed by atoms with van der Waals surface area (Å²) < 4.78 is 0. The largest absolute Gasteiger partial charge is 2.00 e. The first-order chi connectivity index (χ1) is 38.2. The van der Waals surface area contributed by atoms with Gasteiger partial charge in [0.2, 0.25) is 0 Å². The molecule has 0 unspecified atom stereocenters. The number of fused-ring (bicyclic) bond motifs is 4. The summed E-state index contributed by atoms with van der Waals surface area (Å²) in [4.78, 5) is 0. The molecule has 84 heavy (non-hydrogen) atoms. The maximum absolute atomic E-state index is 2.55. The Morgan fingerprint density at radius 2 is 0.476 bits per heavy atom. The van der Waals surface area contributed by atoms with Crippen LogP contribution in [-0.2, 0) is 52.4 Å². The molecule has 0 heterocycles. The first-order valence-corrected chi connectivity index (χ1v) is 37.7. The topological polar surface area (TPSA) is 0 Å². The van der Waals surface area contributed by atoms with Gasteiger partial charge in [0.05, 0.1) is 0 Å². The molecule has 0 radical (unpaired) electrons. The Hall–Kier alpha value is -0.614. The molecule has 12 rings (SSSR count). The second kappa shape index (κ2) is 33.6. The van der Waals surface area contributed by atoms with Crippen molar-refractivity contribution >= 4 is 96.0 Å². The van der Waals surface area contributed by atoms with Crippen molar-refractivity contribution in [3.63, 3.8) is 0 Å². The van der Waals surface area contributed by atoms with Crippen LogP contribution in [0.25, 0.3) is 43.1 Å². The van der Waals surface area contributed by atoms with E-state index in [0.29, 0.717) is 20.6 Å². The minimum atomic E-state index is -0.185. The van der Waals surface area contributed by atoms with E-state index in [1.807, 2.05) is 0 Å². The average molecular weight is 1390 g/mol. The summed E-state index contributed by atoms with van der Waals surface area (Å²) in [7, 11) is -0.247. The summed E-state index contributed by atoms with van der Waals surface area (Å²) in [6.07, 6.45) is 29.8. The molecular formula is C76H104Cl2P4Zr2-2. The Morgan fingerprint density at radius 3 is 0.679 bits per heavy atom. The molecule has 0 spiro atoms. The molecular weight excluding hydrogens is 1290 g/mol. The minimum absolute atomic E-state index is 0. The predicted octanol–water partition coefficient (Wildman–Crippen LogP) is 17.2. The van der Waals surface area contributed by atoms with E-state index in [4.69, 9.17) is 0 Å². The number of hydrogen-bond donors (Lipinski definition) is 0. The van der Waals surface area contributed by atoms with E-state index in [-0.39, 0.29) is 109 Å². The Labute approximate surface area is 568 Å². The van der Waals surface area contributed by atoms with Gasteiger partial charge in [0.15, 0.2) is 0 Å². The van der Waals surface area contributed by atoms with Crippen LogP contribution in [0, 0.1) is 0 Å². The fourth-order valence-corrected chi connectivity index (χ4v) is 31.4. The third kappa shape index (κ3) is 19.7. The Kier molecular flexibility index (Phi) is 29.7.